The van der Waals surface area contributed by atoms with Gasteiger partial charge in [0.05, 0.1) is 35.6 Å². The molecule has 3 heterocycles. The zero-order valence-electron chi connectivity index (χ0n) is 33.0. The van der Waals surface area contributed by atoms with E-state index >= 15 is 0 Å². The van der Waals surface area contributed by atoms with Gasteiger partial charge in [0.1, 0.15) is 11.7 Å². The first-order valence-corrected chi connectivity index (χ1v) is 21.6. The minimum absolute atomic E-state index is 0.00655. The lowest BCUT2D eigenvalue weighted by molar-refractivity contribution is -0.160. The van der Waals surface area contributed by atoms with Crippen molar-refractivity contribution in [2.24, 2.45) is 29.1 Å². The summed E-state index contributed by atoms with van der Waals surface area (Å²) in [6.45, 7) is 8.18. The van der Waals surface area contributed by atoms with Gasteiger partial charge in [-0.3, -0.25) is 23.9 Å². The molecule has 1 aromatic heterocycles. The van der Waals surface area contributed by atoms with E-state index in [1.807, 2.05) is 19.1 Å². The van der Waals surface area contributed by atoms with Crippen LogP contribution in [0, 0.1) is 29.1 Å². The van der Waals surface area contributed by atoms with Gasteiger partial charge in [0, 0.05) is 34.7 Å². The standard InChI is InChI=1S/C41H52ClF2N3O9S/c1-23-9-6-7-10-25-19-41(25,39(51)46-57(52,53)27-13-14-27)20-33(48)32-16-26(21-47(32)38(50)29(24(2)15-23)18-36(49)56-40(3,4)5)55-37-28-11-8-12-31(42)30(28)17-35(45-37)54-22-34(43)44/h7-8,10-12,17,23-27,29,32,34H,6,9,13-16,18-22H2,1-5H3,(H,46,51)/b10-7-/t23-,24+,25+,26+,29-,32-,41+/m0/s1. The van der Waals surface area contributed by atoms with E-state index in [0.29, 0.717) is 41.5 Å². The molecule has 1 aromatic carbocycles. The van der Waals surface area contributed by atoms with Crippen molar-refractivity contribution in [3.05, 3.63) is 41.4 Å². The Morgan fingerprint density at radius 2 is 1.84 bits per heavy atom. The Morgan fingerprint density at radius 1 is 1.11 bits per heavy atom. The highest BCUT2D eigenvalue weighted by atomic mass is 35.5. The number of rotatable bonds is 10. The molecule has 2 aromatic rings. The summed E-state index contributed by atoms with van der Waals surface area (Å²) in [5.74, 6) is -3.75. The molecule has 2 aliphatic carbocycles. The number of aromatic nitrogens is 1. The molecule has 2 aliphatic heterocycles. The molecule has 4 aliphatic rings. The zero-order valence-corrected chi connectivity index (χ0v) is 34.5. The Labute approximate surface area is 337 Å². The van der Waals surface area contributed by atoms with Crippen LogP contribution in [0.1, 0.15) is 92.4 Å². The quantitative estimate of drug-likeness (QED) is 0.199. The molecule has 57 heavy (non-hydrogen) atoms. The van der Waals surface area contributed by atoms with Crippen molar-refractivity contribution in [1.29, 1.82) is 0 Å². The fraction of sp³-hybridized carbons (Fsp3) is 0.634. The second kappa shape index (κ2) is 16.8. The molecular formula is C41H52ClF2N3O9S. The highest BCUT2D eigenvalue weighted by molar-refractivity contribution is 7.90. The van der Waals surface area contributed by atoms with Gasteiger partial charge in [0.25, 0.3) is 6.43 Å². The van der Waals surface area contributed by atoms with Gasteiger partial charge in [-0.2, -0.15) is 4.98 Å². The molecule has 3 fully saturated rings. The second-order valence-electron chi connectivity index (χ2n) is 17.3. The van der Waals surface area contributed by atoms with Crippen LogP contribution in [-0.4, -0.2) is 84.4 Å². The third kappa shape index (κ3) is 10.2. The largest absolute Gasteiger partial charge is 0.472 e. The number of halogens is 3. The second-order valence-corrected chi connectivity index (χ2v) is 19.7. The van der Waals surface area contributed by atoms with Crippen LogP contribution in [0.2, 0.25) is 5.02 Å². The number of fused-ring (bicyclic) bond motifs is 3. The van der Waals surface area contributed by atoms with E-state index < -0.39 is 81.0 Å². The number of pyridine rings is 1. The lowest BCUT2D eigenvalue weighted by Crippen LogP contribution is -2.47. The number of nitrogens with zero attached hydrogens (tertiary/aromatic N) is 2. The number of esters is 1. The number of hydrogen-bond donors (Lipinski definition) is 1. The summed E-state index contributed by atoms with van der Waals surface area (Å²) >= 11 is 6.49. The third-order valence-electron chi connectivity index (χ3n) is 11.4. The predicted octanol–water partition coefficient (Wildman–Crippen LogP) is 6.81. The van der Waals surface area contributed by atoms with Gasteiger partial charge in [-0.15, -0.1) is 0 Å². The van der Waals surface area contributed by atoms with Gasteiger partial charge in [0.2, 0.25) is 33.6 Å². The monoisotopic (exact) mass is 835 g/mol. The highest BCUT2D eigenvalue weighted by Crippen LogP contribution is 2.57. The van der Waals surface area contributed by atoms with Crippen LogP contribution in [0.3, 0.4) is 0 Å². The van der Waals surface area contributed by atoms with Crippen molar-refractivity contribution in [3.63, 3.8) is 0 Å². The number of benzene rings is 1. The van der Waals surface area contributed by atoms with Crippen LogP contribution >= 0.6 is 11.6 Å². The minimum atomic E-state index is -3.91. The molecule has 2 saturated carbocycles. The van der Waals surface area contributed by atoms with Crippen LogP contribution in [0.5, 0.6) is 11.8 Å². The first-order valence-electron chi connectivity index (χ1n) is 19.7. The maximum atomic E-state index is 14.9. The lowest BCUT2D eigenvalue weighted by atomic mass is 9.82. The van der Waals surface area contributed by atoms with E-state index in [2.05, 4.69) is 16.6 Å². The van der Waals surface area contributed by atoms with Crippen molar-refractivity contribution < 1.29 is 50.6 Å². The summed E-state index contributed by atoms with van der Waals surface area (Å²) in [6.07, 6.45) is 2.88. The van der Waals surface area contributed by atoms with E-state index in [9.17, 15) is 36.4 Å². The fourth-order valence-corrected chi connectivity index (χ4v) is 9.82. The number of carbonyl (C=O) groups is 4. The van der Waals surface area contributed by atoms with Crippen LogP contribution in [0.4, 0.5) is 8.78 Å². The van der Waals surface area contributed by atoms with Crippen molar-refractivity contribution in [2.75, 3.05) is 13.2 Å². The summed E-state index contributed by atoms with van der Waals surface area (Å²) in [5, 5.41) is 0.517. The van der Waals surface area contributed by atoms with E-state index in [0.717, 1.165) is 6.42 Å². The van der Waals surface area contributed by atoms with Crippen molar-refractivity contribution in [3.8, 4) is 11.8 Å². The molecule has 0 bridgehead atoms. The number of hydrogen-bond acceptors (Lipinski definition) is 10. The molecule has 6 rings (SSSR count). The lowest BCUT2D eigenvalue weighted by Gasteiger charge is -2.32. The smallest absolute Gasteiger partial charge is 0.307 e. The number of allylic oxidation sites excluding steroid dienone is 2. The summed E-state index contributed by atoms with van der Waals surface area (Å²) in [7, 11) is -3.91. The third-order valence-corrected chi connectivity index (χ3v) is 13.5. The van der Waals surface area contributed by atoms with Crippen LogP contribution in [0.25, 0.3) is 10.8 Å². The average Bonchev–Trinajstić information content (AvgIpc) is 4.04. The Hall–Kier alpha value is -3.85. The van der Waals surface area contributed by atoms with Gasteiger partial charge in [-0.25, -0.2) is 17.2 Å². The Balaban J connectivity index is 1.36. The number of ketones is 1. The molecule has 312 valence electrons. The van der Waals surface area contributed by atoms with Crippen molar-refractivity contribution in [1.82, 2.24) is 14.6 Å². The van der Waals surface area contributed by atoms with E-state index in [1.165, 1.54) is 11.0 Å². The predicted molar refractivity (Wildman–Crippen MR) is 208 cm³/mol. The average molecular weight is 836 g/mol. The molecule has 12 nitrogen and oxygen atoms in total. The van der Waals surface area contributed by atoms with Gasteiger partial charge < -0.3 is 19.1 Å². The minimum Gasteiger partial charge on any atom is -0.472 e. The van der Waals surface area contributed by atoms with E-state index in [1.54, 1.807) is 39.0 Å². The molecule has 7 atom stereocenters. The number of nitrogens with one attached hydrogen (secondary N) is 1. The number of alkyl halides is 2. The number of Topliss-reactive ketones (excluding diaryl/α,β-unsaturated/α-hetero) is 1. The maximum absolute atomic E-state index is 14.9. The molecule has 1 saturated heterocycles. The Kier molecular flexibility index (Phi) is 12.6. The number of carbonyl (C=O) groups excluding carboxylic acids is 4. The van der Waals surface area contributed by atoms with Gasteiger partial charge >= 0.3 is 5.97 Å². The number of sulfonamides is 1. The van der Waals surface area contributed by atoms with Crippen LogP contribution in [-0.2, 0) is 33.9 Å². The van der Waals surface area contributed by atoms with Gasteiger partial charge in [-0.1, -0.05) is 43.7 Å². The van der Waals surface area contributed by atoms with Gasteiger partial charge in [-0.05, 0) is 89.2 Å². The summed E-state index contributed by atoms with van der Waals surface area (Å²) in [6, 6.07) is 5.29. The van der Waals surface area contributed by atoms with Crippen LogP contribution < -0.4 is 14.2 Å². The van der Waals surface area contributed by atoms with E-state index in [-0.39, 0.29) is 61.7 Å². The van der Waals surface area contributed by atoms with Crippen molar-refractivity contribution in [2.45, 2.75) is 122 Å². The summed E-state index contributed by atoms with van der Waals surface area (Å²) < 4.78 is 71.7. The number of amides is 2. The summed E-state index contributed by atoms with van der Waals surface area (Å²) in [5.41, 5.74) is -2.13. The van der Waals surface area contributed by atoms with Crippen molar-refractivity contribution >= 4 is 56.0 Å². The summed E-state index contributed by atoms with van der Waals surface area (Å²) in [4.78, 5) is 62.5. The Morgan fingerprint density at radius 3 is 2.53 bits per heavy atom. The zero-order chi connectivity index (χ0) is 41.4. The highest BCUT2D eigenvalue weighted by Gasteiger charge is 2.61. The normalized spacial score (nSPS) is 29.2. The molecule has 0 radical (unpaired) electrons. The first kappa shape index (κ1) is 42.7. The molecule has 16 heteroatoms. The van der Waals surface area contributed by atoms with E-state index in [4.69, 9.17) is 25.8 Å². The van der Waals surface area contributed by atoms with Gasteiger partial charge in [0.15, 0.2) is 12.4 Å². The SMILES string of the molecule is C[C@H]1CC/C=C\[C@@H]2C[C@@]2(C(=O)NS(=O)(=O)C2CC2)CC(=O)[C@@H]2C[C@@H](Oc3nc(OCC(F)F)cc4c(Cl)cccc34)CN2C(=O)[C@@H](CC(=O)OC(C)(C)C)[C@H](C)C1. The topological polar surface area (TPSA) is 158 Å². The first-order chi connectivity index (χ1) is 26.8. The maximum Gasteiger partial charge on any atom is 0.307 e. The fourth-order valence-electron chi connectivity index (χ4n) is 8.21. The molecule has 1 N–H and O–H groups in total. The molecule has 0 unspecified atom stereocenters. The van der Waals surface area contributed by atoms with Crippen LogP contribution in [0.15, 0.2) is 36.4 Å². The molecule has 0 spiro atoms. The molecular weight excluding hydrogens is 784 g/mol. The number of ether oxygens (including phenoxy) is 3. The Bertz CT molecular complexity index is 2020. The molecule has 2 amide bonds.